The Bertz CT molecular complexity index is 519. The average Bonchev–Trinajstić information content (AvgIpc) is 2.86. The van der Waals surface area contributed by atoms with E-state index < -0.39 is 12.1 Å². The fourth-order valence-electron chi connectivity index (χ4n) is 1.83. The highest BCUT2D eigenvalue weighted by atomic mass is 32.1. The lowest BCUT2D eigenvalue weighted by Gasteiger charge is -2.09. The lowest BCUT2D eigenvalue weighted by atomic mass is 10.0. The van der Waals surface area contributed by atoms with Gasteiger partial charge in [-0.2, -0.15) is 0 Å². The molecule has 0 amide bonds. The summed E-state index contributed by atoms with van der Waals surface area (Å²) in [5, 5.41) is 20.7. The first-order valence-corrected chi connectivity index (χ1v) is 6.59. The summed E-state index contributed by atoms with van der Waals surface area (Å²) in [5.74, 6) is -0.981. The Morgan fingerprint density at radius 3 is 2.61 bits per heavy atom. The molecule has 18 heavy (non-hydrogen) atoms. The van der Waals surface area contributed by atoms with Crippen molar-refractivity contribution >= 4 is 17.3 Å². The minimum absolute atomic E-state index is 0.209. The van der Waals surface area contributed by atoms with Crippen LogP contribution in [0.2, 0.25) is 0 Å². The molecular weight excluding hydrogens is 248 g/mol. The predicted octanol–water partition coefficient (Wildman–Crippen LogP) is 3.11. The highest BCUT2D eigenvalue weighted by Gasteiger charge is 2.18. The van der Waals surface area contributed by atoms with Crippen molar-refractivity contribution in [3.8, 4) is 0 Å². The summed E-state index contributed by atoms with van der Waals surface area (Å²) in [6.45, 7) is 0. The van der Waals surface area contributed by atoms with Gasteiger partial charge in [-0.3, -0.25) is 0 Å². The van der Waals surface area contributed by atoms with Crippen LogP contribution in [0.25, 0.3) is 0 Å². The molecule has 94 valence electrons. The van der Waals surface area contributed by atoms with E-state index in [9.17, 15) is 9.90 Å². The Morgan fingerprint density at radius 1 is 1.22 bits per heavy atom. The molecule has 1 heterocycles. The van der Waals surface area contributed by atoms with E-state index in [1.165, 1.54) is 17.4 Å². The van der Waals surface area contributed by atoms with Crippen molar-refractivity contribution in [1.29, 1.82) is 0 Å². The number of aliphatic hydroxyl groups is 1. The molecule has 2 N–H and O–H groups in total. The standard InChI is InChI=1S/C14H14O3S/c15-12(7-6-10-4-2-1-3-5-10)13-11(14(16)17)8-9-18-13/h1-5,8-9,12,15H,6-7H2,(H,16,17). The van der Waals surface area contributed by atoms with E-state index in [2.05, 4.69) is 0 Å². The van der Waals surface area contributed by atoms with Crippen LogP contribution in [0.5, 0.6) is 0 Å². The highest BCUT2D eigenvalue weighted by molar-refractivity contribution is 7.10. The number of carboxylic acid groups (broad SMARTS) is 1. The number of aliphatic hydroxyl groups excluding tert-OH is 1. The fraction of sp³-hybridized carbons (Fsp3) is 0.214. The summed E-state index contributed by atoms with van der Waals surface area (Å²) >= 11 is 1.29. The quantitative estimate of drug-likeness (QED) is 0.870. The van der Waals surface area contributed by atoms with Crippen molar-refractivity contribution in [3.63, 3.8) is 0 Å². The van der Waals surface area contributed by atoms with Crippen molar-refractivity contribution in [2.24, 2.45) is 0 Å². The Labute approximate surface area is 109 Å². The molecule has 3 nitrogen and oxygen atoms in total. The van der Waals surface area contributed by atoms with Crippen LogP contribution in [0.3, 0.4) is 0 Å². The minimum atomic E-state index is -0.981. The van der Waals surface area contributed by atoms with E-state index in [0.29, 0.717) is 11.3 Å². The number of thiophene rings is 1. The molecule has 4 heteroatoms. The van der Waals surface area contributed by atoms with Gasteiger partial charge in [0.1, 0.15) is 0 Å². The van der Waals surface area contributed by atoms with Gasteiger partial charge < -0.3 is 10.2 Å². The highest BCUT2D eigenvalue weighted by Crippen LogP contribution is 2.27. The van der Waals surface area contributed by atoms with E-state index >= 15 is 0 Å². The third-order valence-corrected chi connectivity index (χ3v) is 3.80. The van der Waals surface area contributed by atoms with Crippen molar-refractivity contribution in [1.82, 2.24) is 0 Å². The van der Waals surface area contributed by atoms with E-state index in [1.807, 2.05) is 30.3 Å². The molecule has 2 rings (SSSR count). The second-order valence-corrected chi connectivity index (χ2v) is 4.99. The number of hydrogen-bond donors (Lipinski definition) is 2. The van der Waals surface area contributed by atoms with Crippen molar-refractivity contribution < 1.29 is 15.0 Å². The van der Waals surface area contributed by atoms with Crippen LogP contribution in [-0.4, -0.2) is 16.2 Å². The maximum atomic E-state index is 11.0. The van der Waals surface area contributed by atoms with Crippen molar-refractivity contribution in [2.75, 3.05) is 0 Å². The van der Waals surface area contributed by atoms with Crippen LogP contribution in [0.15, 0.2) is 41.8 Å². The number of carboxylic acids is 1. The number of benzene rings is 1. The van der Waals surface area contributed by atoms with Crippen LogP contribution in [0.4, 0.5) is 0 Å². The summed E-state index contributed by atoms with van der Waals surface area (Å²) in [6, 6.07) is 11.4. The van der Waals surface area contributed by atoms with Gasteiger partial charge in [0.15, 0.2) is 0 Å². The molecule has 1 aromatic carbocycles. The molecule has 0 aliphatic carbocycles. The smallest absolute Gasteiger partial charge is 0.336 e. The van der Waals surface area contributed by atoms with Gasteiger partial charge >= 0.3 is 5.97 Å². The van der Waals surface area contributed by atoms with Crippen LogP contribution in [-0.2, 0) is 6.42 Å². The Hall–Kier alpha value is -1.65. The van der Waals surface area contributed by atoms with Gasteiger partial charge in [0, 0.05) is 4.88 Å². The molecular formula is C14H14O3S. The molecule has 0 aliphatic rings. The summed E-state index contributed by atoms with van der Waals surface area (Å²) in [4.78, 5) is 11.5. The topological polar surface area (TPSA) is 57.5 Å². The molecule has 2 aromatic rings. The largest absolute Gasteiger partial charge is 0.478 e. The normalized spacial score (nSPS) is 12.3. The fourth-order valence-corrected chi connectivity index (χ4v) is 2.74. The molecule has 1 aromatic heterocycles. The number of aryl methyl sites for hydroxylation is 1. The monoisotopic (exact) mass is 262 g/mol. The first-order chi connectivity index (χ1) is 8.68. The number of rotatable bonds is 5. The van der Waals surface area contributed by atoms with Gasteiger partial charge in [-0.15, -0.1) is 11.3 Å². The molecule has 0 spiro atoms. The molecule has 0 bridgehead atoms. The maximum absolute atomic E-state index is 11.0. The first kappa shape index (κ1) is 12.8. The summed E-state index contributed by atoms with van der Waals surface area (Å²) in [7, 11) is 0. The van der Waals surface area contributed by atoms with Gasteiger partial charge in [0.2, 0.25) is 0 Å². The Morgan fingerprint density at radius 2 is 1.94 bits per heavy atom. The zero-order chi connectivity index (χ0) is 13.0. The summed E-state index contributed by atoms with van der Waals surface area (Å²) in [5.41, 5.74) is 1.35. The molecule has 0 radical (unpaired) electrons. The minimum Gasteiger partial charge on any atom is -0.478 e. The molecule has 1 atom stereocenters. The lowest BCUT2D eigenvalue weighted by molar-refractivity contribution is 0.0690. The van der Waals surface area contributed by atoms with E-state index in [-0.39, 0.29) is 5.56 Å². The first-order valence-electron chi connectivity index (χ1n) is 5.71. The van der Waals surface area contributed by atoms with Crippen LogP contribution < -0.4 is 0 Å². The number of aromatic carboxylic acids is 1. The van der Waals surface area contributed by atoms with Gasteiger partial charge in [-0.25, -0.2) is 4.79 Å². The van der Waals surface area contributed by atoms with Gasteiger partial charge in [-0.1, -0.05) is 30.3 Å². The van der Waals surface area contributed by atoms with Gasteiger partial charge in [0.25, 0.3) is 0 Å². The average molecular weight is 262 g/mol. The zero-order valence-electron chi connectivity index (χ0n) is 9.74. The molecule has 0 saturated carbocycles. The van der Waals surface area contributed by atoms with E-state index in [0.717, 1.165) is 12.0 Å². The van der Waals surface area contributed by atoms with Crippen LogP contribution in [0, 0.1) is 0 Å². The Kier molecular flexibility index (Phi) is 4.12. The van der Waals surface area contributed by atoms with Crippen molar-refractivity contribution in [2.45, 2.75) is 18.9 Å². The third kappa shape index (κ3) is 2.97. The van der Waals surface area contributed by atoms with Gasteiger partial charge in [0.05, 0.1) is 11.7 Å². The lowest BCUT2D eigenvalue weighted by Crippen LogP contribution is -2.04. The van der Waals surface area contributed by atoms with Crippen LogP contribution >= 0.6 is 11.3 Å². The van der Waals surface area contributed by atoms with Crippen molar-refractivity contribution in [3.05, 3.63) is 57.8 Å². The third-order valence-electron chi connectivity index (χ3n) is 2.78. The summed E-state index contributed by atoms with van der Waals surface area (Å²) < 4.78 is 0. The zero-order valence-corrected chi connectivity index (χ0v) is 10.6. The summed E-state index contributed by atoms with van der Waals surface area (Å²) in [6.07, 6.45) is 0.556. The second-order valence-electron chi connectivity index (χ2n) is 4.04. The maximum Gasteiger partial charge on any atom is 0.336 e. The van der Waals surface area contributed by atoms with E-state index in [4.69, 9.17) is 5.11 Å². The SMILES string of the molecule is O=C(O)c1ccsc1C(O)CCc1ccccc1. The Balaban J connectivity index is 2.02. The van der Waals surface area contributed by atoms with E-state index in [1.54, 1.807) is 5.38 Å². The van der Waals surface area contributed by atoms with Crippen LogP contribution in [0.1, 0.15) is 33.3 Å². The molecule has 0 saturated heterocycles. The molecule has 0 aliphatic heterocycles. The predicted molar refractivity (Wildman–Crippen MR) is 71.0 cm³/mol. The molecule has 1 unspecified atom stereocenters. The number of carbonyl (C=O) groups is 1. The molecule has 0 fully saturated rings. The second kappa shape index (κ2) is 5.80. The number of hydrogen-bond acceptors (Lipinski definition) is 3. The van der Waals surface area contributed by atoms with Gasteiger partial charge in [-0.05, 0) is 29.9 Å².